The zero-order valence-electron chi connectivity index (χ0n) is 17.2. The number of fused-ring (bicyclic) bond motifs is 1. The van der Waals surface area contributed by atoms with Crippen molar-refractivity contribution < 1.29 is 13.2 Å². The molecule has 4 aromatic rings. The van der Waals surface area contributed by atoms with E-state index in [0.29, 0.717) is 5.69 Å². The van der Waals surface area contributed by atoms with Crippen molar-refractivity contribution in [2.75, 3.05) is 16.7 Å². The number of carbonyl (C=O) groups excluding carboxylic acids is 1. The minimum Gasteiger partial charge on any atom is -0.344 e. The molecule has 32 heavy (non-hydrogen) atoms. The third kappa shape index (κ3) is 5.87. The highest BCUT2D eigenvalue weighted by Gasteiger charge is 2.17. The van der Waals surface area contributed by atoms with E-state index in [9.17, 15) is 13.2 Å². The van der Waals surface area contributed by atoms with Gasteiger partial charge < -0.3 is 5.32 Å². The number of thiazole rings is 1. The van der Waals surface area contributed by atoms with Crippen molar-refractivity contribution in [3.8, 4) is 0 Å². The monoisotopic (exact) mass is 483 g/mol. The van der Waals surface area contributed by atoms with Gasteiger partial charge in [0.25, 0.3) is 0 Å². The Morgan fingerprint density at radius 2 is 1.62 bits per heavy atom. The van der Waals surface area contributed by atoms with Crippen molar-refractivity contribution in [2.24, 2.45) is 0 Å². The van der Waals surface area contributed by atoms with Crippen LogP contribution in [0.4, 0.5) is 5.69 Å². The molecule has 0 spiro atoms. The SMILES string of the molecule is CS(=O)(=O)Nc1ccc2nc(SCC(=O)NC(c3ccccc3)c3ccccc3)sc2c1. The molecule has 4 rings (SSSR count). The van der Waals surface area contributed by atoms with Gasteiger partial charge >= 0.3 is 0 Å². The molecule has 0 aliphatic rings. The van der Waals surface area contributed by atoms with Gasteiger partial charge in [0, 0.05) is 0 Å². The van der Waals surface area contributed by atoms with E-state index in [1.807, 2.05) is 60.7 Å². The Bertz CT molecular complexity index is 1280. The number of sulfonamides is 1. The number of aromatic nitrogens is 1. The smallest absolute Gasteiger partial charge is 0.231 e. The summed E-state index contributed by atoms with van der Waals surface area (Å²) in [5.41, 5.74) is 3.29. The van der Waals surface area contributed by atoms with Gasteiger partial charge in [-0.25, -0.2) is 13.4 Å². The number of amides is 1. The summed E-state index contributed by atoms with van der Waals surface area (Å²) < 4.78 is 27.0. The van der Waals surface area contributed by atoms with Gasteiger partial charge in [-0.2, -0.15) is 0 Å². The first-order valence-corrected chi connectivity index (χ1v) is 13.5. The van der Waals surface area contributed by atoms with Gasteiger partial charge in [-0.15, -0.1) is 11.3 Å². The average Bonchev–Trinajstić information content (AvgIpc) is 3.18. The first-order chi connectivity index (χ1) is 15.4. The second-order valence-electron chi connectivity index (χ2n) is 7.15. The fourth-order valence-corrected chi connectivity index (χ4v) is 5.70. The summed E-state index contributed by atoms with van der Waals surface area (Å²) >= 11 is 2.79. The van der Waals surface area contributed by atoms with Gasteiger partial charge in [0.15, 0.2) is 4.34 Å². The average molecular weight is 484 g/mol. The Morgan fingerprint density at radius 1 is 1.00 bits per heavy atom. The second kappa shape index (κ2) is 9.72. The third-order valence-corrected chi connectivity index (χ3v) is 7.34. The van der Waals surface area contributed by atoms with Gasteiger partial charge in [0.2, 0.25) is 15.9 Å². The van der Waals surface area contributed by atoms with Crippen LogP contribution in [0.15, 0.2) is 83.2 Å². The van der Waals surface area contributed by atoms with E-state index in [4.69, 9.17) is 0 Å². The summed E-state index contributed by atoms with van der Waals surface area (Å²) in [5.74, 6) is 0.135. The molecule has 0 saturated heterocycles. The fraction of sp³-hybridized carbons (Fsp3) is 0.130. The molecular weight excluding hydrogens is 462 g/mol. The van der Waals surface area contributed by atoms with Crippen LogP contribution in [0.3, 0.4) is 0 Å². The van der Waals surface area contributed by atoms with Crippen LogP contribution in [0.1, 0.15) is 17.2 Å². The topological polar surface area (TPSA) is 88.2 Å². The van der Waals surface area contributed by atoms with E-state index in [1.54, 1.807) is 18.2 Å². The first kappa shape index (κ1) is 22.3. The summed E-state index contributed by atoms with van der Waals surface area (Å²) in [5, 5.41) is 3.13. The van der Waals surface area contributed by atoms with Gasteiger partial charge in [0.1, 0.15) is 0 Å². The summed E-state index contributed by atoms with van der Waals surface area (Å²) in [6.07, 6.45) is 1.11. The molecule has 0 saturated carbocycles. The summed E-state index contributed by atoms with van der Waals surface area (Å²) in [6.45, 7) is 0. The predicted octanol–water partition coefficient (Wildman–Crippen LogP) is 4.67. The van der Waals surface area contributed by atoms with E-state index < -0.39 is 10.0 Å². The number of thioether (sulfide) groups is 1. The molecule has 3 aromatic carbocycles. The zero-order chi connectivity index (χ0) is 22.6. The van der Waals surface area contributed by atoms with Gasteiger partial charge in [-0.3, -0.25) is 9.52 Å². The van der Waals surface area contributed by atoms with Crippen molar-refractivity contribution in [3.63, 3.8) is 0 Å². The molecule has 1 amide bonds. The number of nitrogens with one attached hydrogen (secondary N) is 2. The largest absolute Gasteiger partial charge is 0.344 e. The number of nitrogens with zero attached hydrogens (tertiary/aromatic N) is 1. The predicted molar refractivity (Wildman–Crippen MR) is 132 cm³/mol. The molecule has 0 unspecified atom stereocenters. The molecule has 164 valence electrons. The van der Waals surface area contributed by atoms with Crippen molar-refractivity contribution >= 4 is 54.9 Å². The van der Waals surface area contributed by atoms with Crippen LogP contribution in [0.25, 0.3) is 10.2 Å². The lowest BCUT2D eigenvalue weighted by atomic mass is 9.99. The lowest BCUT2D eigenvalue weighted by Gasteiger charge is -2.19. The Kier molecular flexibility index (Phi) is 6.78. The Morgan fingerprint density at radius 3 is 2.22 bits per heavy atom. The second-order valence-corrected chi connectivity index (χ2v) is 11.1. The van der Waals surface area contributed by atoms with Crippen LogP contribution in [0.2, 0.25) is 0 Å². The lowest BCUT2D eigenvalue weighted by Crippen LogP contribution is -2.30. The van der Waals surface area contributed by atoms with E-state index >= 15 is 0 Å². The van der Waals surface area contributed by atoms with E-state index in [-0.39, 0.29) is 17.7 Å². The van der Waals surface area contributed by atoms with Crippen molar-refractivity contribution in [1.29, 1.82) is 0 Å². The van der Waals surface area contributed by atoms with Gasteiger partial charge in [-0.05, 0) is 29.3 Å². The molecule has 0 radical (unpaired) electrons. The molecular formula is C23H21N3O3S3. The molecule has 2 N–H and O–H groups in total. The number of anilines is 1. The molecule has 0 aliphatic heterocycles. The molecule has 9 heteroatoms. The number of carbonyl (C=O) groups is 1. The lowest BCUT2D eigenvalue weighted by molar-refractivity contribution is -0.119. The van der Waals surface area contributed by atoms with Gasteiger partial charge in [0.05, 0.1) is 34.0 Å². The minimum atomic E-state index is -3.34. The summed E-state index contributed by atoms with van der Waals surface area (Å²) in [6, 6.07) is 24.7. The van der Waals surface area contributed by atoms with E-state index in [1.165, 1.54) is 23.1 Å². The highest BCUT2D eigenvalue weighted by atomic mass is 32.2. The quantitative estimate of drug-likeness (QED) is 0.356. The molecule has 1 heterocycles. The number of hydrogen-bond acceptors (Lipinski definition) is 6. The first-order valence-electron chi connectivity index (χ1n) is 9.78. The maximum Gasteiger partial charge on any atom is 0.231 e. The number of hydrogen-bond donors (Lipinski definition) is 2. The normalized spacial score (nSPS) is 11.6. The third-order valence-electron chi connectivity index (χ3n) is 4.57. The summed E-state index contributed by atoms with van der Waals surface area (Å²) in [4.78, 5) is 17.3. The van der Waals surface area contributed by atoms with Crippen LogP contribution in [-0.4, -0.2) is 31.3 Å². The molecule has 0 atom stereocenters. The van der Waals surface area contributed by atoms with Crippen LogP contribution in [0.5, 0.6) is 0 Å². The molecule has 0 fully saturated rings. The minimum absolute atomic E-state index is 0.0913. The fourth-order valence-electron chi connectivity index (χ4n) is 3.22. The van der Waals surface area contributed by atoms with Crippen LogP contribution < -0.4 is 10.0 Å². The molecule has 0 bridgehead atoms. The van der Waals surface area contributed by atoms with Gasteiger partial charge in [-0.1, -0.05) is 72.4 Å². The Balaban J connectivity index is 1.45. The molecule has 0 aliphatic carbocycles. The Hall–Kier alpha value is -2.88. The molecule has 1 aromatic heterocycles. The zero-order valence-corrected chi connectivity index (χ0v) is 19.6. The maximum atomic E-state index is 12.8. The Labute approximate surface area is 195 Å². The number of rotatable bonds is 8. The highest BCUT2D eigenvalue weighted by Crippen LogP contribution is 2.31. The standard InChI is InChI=1S/C23H21N3O3S3/c1-32(28,29)26-18-12-13-19-20(14-18)31-23(24-19)30-15-21(27)25-22(16-8-4-2-5-9-16)17-10-6-3-7-11-17/h2-14,22,26H,15H2,1H3,(H,25,27). The summed E-state index contributed by atoms with van der Waals surface area (Å²) in [7, 11) is -3.34. The van der Waals surface area contributed by atoms with Crippen LogP contribution in [-0.2, 0) is 14.8 Å². The van der Waals surface area contributed by atoms with E-state index in [2.05, 4.69) is 15.0 Å². The van der Waals surface area contributed by atoms with E-state index in [0.717, 1.165) is 31.9 Å². The van der Waals surface area contributed by atoms with Crippen molar-refractivity contribution in [2.45, 2.75) is 10.4 Å². The number of benzene rings is 3. The molecule has 6 nitrogen and oxygen atoms in total. The highest BCUT2D eigenvalue weighted by molar-refractivity contribution is 8.01. The van der Waals surface area contributed by atoms with Crippen molar-refractivity contribution in [3.05, 3.63) is 90.0 Å². The maximum absolute atomic E-state index is 12.8. The van der Waals surface area contributed by atoms with Crippen LogP contribution >= 0.6 is 23.1 Å². The van der Waals surface area contributed by atoms with Crippen molar-refractivity contribution in [1.82, 2.24) is 10.3 Å². The van der Waals surface area contributed by atoms with Crippen LogP contribution in [0, 0.1) is 0 Å².